The lowest BCUT2D eigenvalue weighted by Crippen LogP contribution is -2.41. The van der Waals surface area contributed by atoms with Crippen molar-refractivity contribution in [2.45, 2.75) is 24.7 Å². The molecule has 0 saturated carbocycles. The van der Waals surface area contributed by atoms with E-state index in [9.17, 15) is 9.18 Å². The van der Waals surface area contributed by atoms with Crippen molar-refractivity contribution in [2.75, 3.05) is 32.0 Å². The van der Waals surface area contributed by atoms with Crippen LogP contribution >= 0.6 is 11.8 Å². The van der Waals surface area contributed by atoms with Gasteiger partial charge >= 0.3 is 0 Å². The Morgan fingerprint density at radius 2 is 2.32 bits per heavy atom. The molecule has 1 aromatic carbocycles. The molecule has 0 aromatic heterocycles. The predicted molar refractivity (Wildman–Crippen MR) is 87.4 cm³/mol. The van der Waals surface area contributed by atoms with Crippen LogP contribution in [0.5, 0.6) is 0 Å². The zero-order valence-electron chi connectivity index (χ0n) is 12.6. The molecule has 1 aliphatic heterocycles. The van der Waals surface area contributed by atoms with Crippen molar-refractivity contribution >= 4 is 17.7 Å². The predicted octanol–water partition coefficient (Wildman–Crippen LogP) is 1.94. The van der Waals surface area contributed by atoms with Crippen molar-refractivity contribution in [1.29, 1.82) is 0 Å². The molecule has 2 N–H and O–H groups in total. The number of thioether (sulfide) groups is 1. The molecule has 0 unspecified atom stereocenters. The van der Waals surface area contributed by atoms with Gasteiger partial charge in [0.1, 0.15) is 5.82 Å². The molecule has 1 fully saturated rings. The first-order chi connectivity index (χ1) is 10.8. The molecule has 0 aliphatic carbocycles. The first kappa shape index (κ1) is 17.2. The Morgan fingerprint density at radius 1 is 1.45 bits per heavy atom. The van der Waals surface area contributed by atoms with Gasteiger partial charge in [0, 0.05) is 25.4 Å². The molecular formula is C16H23FN2O2S. The SMILES string of the molecule is O=C(C[C@H]1CNCCO1)NCCCSCc1ccccc1F. The lowest BCUT2D eigenvalue weighted by atomic mass is 10.2. The van der Waals surface area contributed by atoms with Crippen molar-refractivity contribution in [3.63, 3.8) is 0 Å². The largest absolute Gasteiger partial charge is 0.375 e. The van der Waals surface area contributed by atoms with Gasteiger partial charge in [0.25, 0.3) is 0 Å². The van der Waals surface area contributed by atoms with Gasteiger partial charge in [0.2, 0.25) is 5.91 Å². The second kappa shape index (κ2) is 9.82. The van der Waals surface area contributed by atoms with E-state index in [0.29, 0.717) is 25.3 Å². The van der Waals surface area contributed by atoms with E-state index in [0.717, 1.165) is 30.8 Å². The highest BCUT2D eigenvalue weighted by molar-refractivity contribution is 7.98. The van der Waals surface area contributed by atoms with Gasteiger partial charge in [-0.15, -0.1) is 0 Å². The number of carbonyl (C=O) groups is 1. The van der Waals surface area contributed by atoms with Crippen LogP contribution in [0, 0.1) is 5.82 Å². The van der Waals surface area contributed by atoms with Crippen molar-refractivity contribution in [3.8, 4) is 0 Å². The van der Waals surface area contributed by atoms with E-state index in [1.807, 2.05) is 12.1 Å². The van der Waals surface area contributed by atoms with Crippen LogP contribution in [0.25, 0.3) is 0 Å². The zero-order chi connectivity index (χ0) is 15.6. The Bertz CT molecular complexity index is 467. The molecule has 122 valence electrons. The molecular weight excluding hydrogens is 303 g/mol. The van der Waals surface area contributed by atoms with E-state index >= 15 is 0 Å². The average molecular weight is 326 g/mol. The van der Waals surface area contributed by atoms with E-state index in [2.05, 4.69) is 10.6 Å². The minimum atomic E-state index is -0.149. The Labute approximate surface area is 135 Å². The molecule has 1 amide bonds. The van der Waals surface area contributed by atoms with Crippen LogP contribution in [0.4, 0.5) is 4.39 Å². The second-order valence-electron chi connectivity index (χ2n) is 5.25. The van der Waals surface area contributed by atoms with Gasteiger partial charge in [-0.1, -0.05) is 18.2 Å². The molecule has 1 heterocycles. The number of nitrogens with one attached hydrogen (secondary N) is 2. The number of rotatable bonds is 8. The first-order valence-electron chi connectivity index (χ1n) is 7.66. The maximum absolute atomic E-state index is 13.4. The van der Waals surface area contributed by atoms with Gasteiger partial charge in [-0.2, -0.15) is 11.8 Å². The lowest BCUT2D eigenvalue weighted by molar-refractivity contribution is -0.124. The molecule has 1 aliphatic rings. The molecule has 1 saturated heterocycles. The minimum absolute atomic E-state index is 0.0100. The number of benzene rings is 1. The Balaban J connectivity index is 1.50. The number of amides is 1. The van der Waals surface area contributed by atoms with E-state index in [4.69, 9.17) is 4.74 Å². The highest BCUT2D eigenvalue weighted by Gasteiger charge is 2.16. The Hall–Kier alpha value is -1.11. The highest BCUT2D eigenvalue weighted by atomic mass is 32.2. The third kappa shape index (κ3) is 6.34. The van der Waals surface area contributed by atoms with Crippen molar-refractivity contribution < 1.29 is 13.9 Å². The van der Waals surface area contributed by atoms with Gasteiger partial charge in [0.15, 0.2) is 0 Å². The van der Waals surface area contributed by atoms with Crippen molar-refractivity contribution in [2.24, 2.45) is 0 Å². The molecule has 0 bridgehead atoms. The number of carbonyl (C=O) groups excluding carboxylic acids is 1. The smallest absolute Gasteiger partial charge is 0.222 e. The van der Waals surface area contributed by atoms with Crippen LogP contribution in [0.3, 0.4) is 0 Å². The van der Waals surface area contributed by atoms with Crippen LogP contribution in [-0.4, -0.2) is 44.0 Å². The van der Waals surface area contributed by atoms with E-state index in [1.54, 1.807) is 17.8 Å². The molecule has 4 nitrogen and oxygen atoms in total. The standard InChI is InChI=1S/C16H23FN2O2S/c17-15-5-2-1-4-13(15)12-22-9-3-6-19-16(20)10-14-11-18-7-8-21-14/h1-2,4-5,14,18H,3,6-12H2,(H,19,20)/t14-/m0/s1. The van der Waals surface area contributed by atoms with Crippen LogP contribution in [0.1, 0.15) is 18.4 Å². The van der Waals surface area contributed by atoms with Crippen LogP contribution in [0.2, 0.25) is 0 Å². The number of hydrogen-bond acceptors (Lipinski definition) is 4. The first-order valence-corrected chi connectivity index (χ1v) is 8.81. The van der Waals surface area contributed by atoms with E-state index in [-0.39, 0.29) is 17.8 Å². The lowest BCUT2D eigenvalue weighted by Gasteiger charge is -2.23. The molecule has 0 radical (unpaired) electrons. The van der Waals surface area contributed by atoms with E-state index < -0.39 is 0 Å². The maximum atomic E-state index is 13.4. The maximum Gasteiger partial charge on any atom is 0.222 e. The zero-order valence-corrected chi connectivity index (χ0v) is 13.5. The summed E-state index contributed by atoms with van der Waals surface area (Å²) in [6.07, 6.45) is 1.29. The average Bonchev–Trinajstić information content (AvgIpc) is 2.53. The molecule has 2 rings (SSSR count). The summed E-state index contributed by atoms with van der Waals surface area (Å²) in [5, 5.41) is 6.11. The summed E-state index contributed by atoms with van der Waals surface area (Å²) >= 11 is 1.68. The molecule has 0 spiro atoms. The van der Waals surface area contributed by atoms with Gasteiger partial charge < -0.3 is 15.4 Å². The Morgan fingerprint density at radius 3 is 3.09 bits per heavy atom. The number of hydrogen-bond donors (Lipinski definition) is 2. The van der Waals surface area contributed by atoms with Gasteiger partial charge in [-0.3, -0.25) is 4.79 Å². The summed E-state index contributed by atoms with van der Waals surface area (Å²) in [7, 11) is 0. The number of halogens is 1. The Kier molecular flexibility index (Phi) is 7.70. The third-order valence-electron chi connectivity index (χ3n) is 3.42. The summed E-state index contributed by atoms with van der Waals surface area (Å²) in [4.78, 5) is 11.7. The molecule has 1 atom stereocenters. The van der Waals surface area contributed by atoms with E-state index in [1.165, 1.54) is 6.07 Å². The highest BCUT2D eigenvalue weighted by Crippen LogP contribution is 2.15. The number of ether oxygens (including phenoxy) is 1. The topological polar surface area (TPSA) is 50.4 Å². The molecule has 6 heteroatoms. The van der Waals surface area contributed by atoms with Crippen molar-refractivity contribution in [3.05, 3.63) is 35.6 Å². The van der Waals surface area contributed by atoms with Gasteiger partial charge in [0.05, 0.1) is 19.1 Å². The minimum Gasteiger partial charge on any atom is -0.375 e. The fourth-order valence-electron chi connectivity index (χ4n) is 2.23. The molecule has 1 aromatic rings. The van der Waals surface area contributed by atoms with Gasteiger partial charge in [-0.05, 0) is 23.8 Å². The summed E-state index contributed by atoms with van der Waals surface area (Å²) in [5.74, 6) is 1.45. The van der Waals surface area contributed by atoms with Crippen LogP contribution in [0.15, 0.2) is 24.3 Å². The van der Waals surface area contributed by atoms with Crippen LogP contribution in [-0.2, 0) is 15.3 Å². The van der Waals surface area contributed by atoms with Crippen LogP contribution < -0.4 is 10.6 Å². The fraction of sp³-hybridized carbons (Fsp3) is 0.562. The summed E-state index contributed by atoms with van der Waals surface area (Å²) in [5.41, 5.74) is 0.735. The monoisotopic (exact) mass is 326 g/mol. The number of morpholine rings is 1. The third-order valence-corrected chi connectivity index (χ3v) is 4.51. The summed E-state index contributed by atoms with van der Waals surface area (Å²) < 4.78 is 18.9. The normalized spacial score (nSPS) is 18.1. The quantitative estimate of drug-likeness (QED) is 0.717. The summed E-state index contributed by atoms with van der Waals surface area (Å²) in [6.45, 7) is 2.93. The van der Waals surface area contributed by atoms with Gasteiger partial charge in [-0.25, -0.2) is 4.39 Å². The summed E-state index contributed by atoms with van der Waals surface area (Å²) in [6, 6.07) is 6.84. The second-order valence-corrected chi connectivity index (χ2v) is 6.35. The fourth-order valence-corrected chi connectivity index (χ4v) is 3.18. The molecule has 22 heavy (non-hydrogen) atoms. The van der Waals surface area contributed by atoms with Crippen molar-refractivity contribution in [1.82, 2.24) is 10.6 Å².